The lowest BCUT2D eigenvalue weighted by atomic mass is 10.1. The van der Waals surface area contributed by atoms with Gasteiger partial charge in [0.05, 0.1) is 5.56 Å². The number of hydrogen-bond acceptors (Lipinski definition) is 4. The normalized spacial score (nSPS) is 16.4. The van der Waals surface area contributed by atoms with Gasteiger partial charge in [-0.15, -0.1) is 0 Å². The third-order valence-electron chi connectivity index (χ3n) is 3.04. The largest absolute Gasteiger partial charge is 0.383 e. The fourth-order valence-corrected chi connectivity index (χ4v) is 3.00. The molecule has 3 N–H and O–H groups in total. The lowest BCUT2D eigenvalue weighted by molar-refractivity contribution is 0.100. The van der Waals surface area contributed by atoms with Gasteiger partial charge >= 0.3 is 0 Å². The van der Waals surface area contributed by atoms with E-state index >= 15 is 0 Å². The van der Waals surface area contributed by atoms with E-state index in [9.17, 15) is 4.79 Å². The lowest BCUT2D eigenvalue weighted by Crippen LogP contribution is -2.36. The Labute approximate surface area is 112 Å². The summed E-state index contributed by atoms with van der Waals surface area (Å²) in [7, 11) is 0. The molecule has 0 atom stereocenters. The molecule has 0 spiro atoms. The molecule has 0 saturated carbocycles. The molecule has 0 aromatic heterocycles. The van der Waals surface area contributed by atoms with Crippen molar-refractivity contribution in [1.29, 1.82) is 0 Å². The average molecular weight is 265 g/mol. The van der Waals surface area contributed by atoms with Gasteiger partial charge in [0.2, 0.25) is 0 Å². The summed E-state index contributed by atoms with van der Waals surface area (Å²) >= 11 is 2.01. The molecule has 0 aliphatic carbocycles. The monoisotopic (exact) mass is 265 g/mol. The van der Waals surface area contributed by atoms with Crippen LogP contribution in [0.2, 0.25) is 0 Å². The molecule has 0 unspecified atom stereocenters. The lowest BCUT2D eigenvalue weighted by Gasteiger charge is -2.26. The topological polar surface area (TPSA) is 58.4 Å². The van der Waals surface area contributed by atoms with Crippen LogP contribution in [0.4, 0.5) is 5.69 Å². The van der Waals surface area contributed by atoms with E-state index in [1.807, 2.05) is 30.0 Å². The van der Waals surface area contributed by atoms with Gasteiger partial charge in [-0.3, -0.25) is 9.69 Å². The number of primary amides is 1. The molecular weight excluding hydrogens is 246 g/mol. The van der Waals surface area contributed by atoms with Gasteiger partial charge in [-0.2, -0.15) is 11.8 Å². The first-order valence-electron chi connectivity index (χ1n) is 6.20. The van der Waals surface area contributed by atoms with Crippen LogP contribution in [-0.4, -0.2) is 48.5 Å². The average Bonchev–Trinajstić information content (AvgIpc) is 2.40. The van der Waals surface area contributed by atoms with Crippen molar-refractivity contribution in [1.82, 2.24) is 4.90 Å². The van der Waals surface area contributed by atoms with Crippen LogP contribution in [0.1, 0.15) is 10.4 Å². The number of rotatable bonds is 5. The first-order valence-corrected chi connectivity index (χ1v) is 7.35. The predicted octanol–water partition coefficient (Wildman–Crippen LogP) is 1.25. The second-order valence-corrected chi connectivity index (χ2v) is 5.52. The highest BCUT2D eigenvalue weighted by Crippen LogP contribution is 2.14. The summed E-state index contributed by atoms with van der Waals surface area (Å²) in [6.45, 7) is 4.16. The number of carbonyl (C=O) groups excluding carboxylic acids is 1. The third kappa shape index (κ3) is 3.65. The maximum Gasteiger partial charge on any atom is 0.250 e. The van der Waals surface area contributed by atoms with Crippen LogP contribution < -0.4 is 11.1 Å². The van der Waals surface area contributed by atoms with Crippen molar-refractivity contribution in [2.45, 2.75) is 0 Å². The summed E-state index contributed by atoms with van der Waals surface area (Å²) < 4.78 is 0. The van der Waals surface area contributed by atoms with Gasteiger partial charge in [0.15, 0.2) is 0 Å². The predicted molar refractivity (Wildman–Crippen MR) is 77.2 cm³/mol. The molecule has 0 radical (unpaired) electrons. The Kier molecular flexibility index (Phi) is 4.90. The number of nitrogens with one attached hydrogen (secondary N) is 1. The highest BCUT2D eigenvalue weighted by atomic mass is 32.2. The molecule has 1 saturated heterocycles. The molecule has 1 aliphatic rings. The molecule has 4 nitrogen and oxygen atoms in total. The van der Waals surface area contributed by atoms with E-state index in [4.69, 9.17) is 5.73 Å². The van der Waals surface area contributed by atoms with Crippen LogP contribution in [0, 0.1) is 0 Å². The number of amides is 1. The fourth-order valence-electron chi connectivity index (χ4n) is 2.03. The maximum absolute atomic E-state index is 11.3. The minimum Gasteiger partial charge on any atom is -0.383 e. The van der Waals surface area contributed by atoms with E-state index in [1.54, 1.807) is 6.07 Å². The van der Waals surface area contributed by atoms with Crippen LogP contribution in [0.15, 0.2) is 24.3 Å². The van der Waals surface area contributed by atoms with E-state index in [0.29, 0.717) is 5.56 Å². The van der Waals surface area contributed by atoms with Gasteiger partial charge in [-0.05, 0) is 12.1 Å². The van der Waals surface area contributed by atoms with Gasteiger partial charge in [0.1, 0.15) is 0 Å². The molecule has 98 valence electrons. The Morgan fingerprint density at radius 3 is 2.78 bits per heavy atom. The van der Waals surface area contributed by atoms with Crippen LogP contribution in [0.25, 0.3) is 0 Å². The molecule has 2 rings (SSSR count). The molecule has 5 heteroatoms. The Hall–Kier alpha value is -1.20. The molecule has 1 fully saturated rings. The smallest absolute Gasteiger partial charge is 0.250 e. The molecule has 18 heavy (non-hydrogen) atoms. The number of anilines is 1. The van der Waals surface area contributed by atoms with Crippen molar-refractivity contribution in [2.24, 2.45) is 5.73 Å². The van der Waals surface area contributed by atoms with E-state index in [2.05, 4.69) is 10.2 Å². The van der Waals surface area contributed by atoms with Crippen LogP contribution >= 0.6 is 11.8 Å². The number of benzene rings is 1. The Morgan fingerprint density at radius 1 is 1.33 bits per heavy atom. The van der Waals surface area contributed by atoms with Crippen molar-refractivity contribution >= 4 is 23.4 Å². The number of nitrogens with zero attached hydrogens (tertiary/aromatic N) is 1. The van der Waals surface area contributed by atoms with Crippen LogP contribution in [0.3, 0.4) is 0 Å². The minimum absolute atomic E-state index is 0.382. The quantitative estimate of drug-likeness (QED) is 0.841. The van der Waals surface area contributed by atoms with Crippen molar-refractivity contribution in [3.8, 4) is 0 Å². The SMILES string of the molecule is NC(=O)c1ccccc1NCCN1CCSCC1. The molecular formula is C13H19N3OS. The van der Waals surface area contributed by atoms with E-state index in [1.165, 1.54) is 11.5 Å². The Morgan fingerprint density at radius 2 is 2.06 bits per heavy atom. The molecule has 1 heterocycles. The first-order chi connectivity index (χ1) is 8.77. The zero-order valence-electron chi connectivity index (χ0n) is 10.4. The maximum atomic E-state index is 11.3. The highest BCUT2D eigenvalue weighted by Gasteiger charge is 2.10. The van der Waals surface area contributed by atoms with Crippen molar-refractivity contribution in [3.05, 3.63) is 29.8 Å². The van der Waals surface area contributed by atoms with Crippen LogP contribution in [0.5, 0.6) is 0 Å². The van der Waals surface area contributed by atoms with Gasteiger partial charge in [-0.1, -0.05) is 12.1 Å². The Balaban J connectivity index is 1.84. The van der Waals surface area contributed by atoms with E-state index < -0.39 is 0 Å². The summed E-state index contributed by atoms with van der Waals surface area (Å²) in [5.41, 5.74) is 6.73. The number of carbonyl (C=O) groups is 1. The molecule has 1 aliphatic heterocycles. The summed E-state index contributed by atoms with van der Waals surface area (Å²) in [6.07, 6.45) is 0. The van der Waals surface area contributed by atoms with Crippen molar-refractivity contribution in [3.63, 3.8) is 0 Å². The standard InChI is InChI=1S/C13H19N3OS/c14-13(17)11-3-1-2-4-12(11)15-5-6-16-7-9-18-10-8-16/h1-4,15H,5-10H2,(H2,14,17). The Bertz CT molecular complexity index is 405. The second kappa shape index (κ2) is 6.66. The number of para-hydroxylation sites is 1. The summed E-state index contributed by atoms with van der Waals surface area (Å²) in [5, 5.41) is 3.29. The molecule has 1 aromatic carbocycles. The minimum atomic E-state index is -0.382. The van der Waals surface area contributed by atoms with Gasteiger partial charge < -0.3 is 11.1 Å². The van der Waals surface area contributed by atoms with Crippen molar-refractivity contribution < 1.29 is 4.79 Å². The highest BCUT2D eigenvalue weighted by molar-refractivity contribution is 7.99. The van der Waals surface area contributed by atoms with Gasteiger partial charge in [0, 0.05) is 43.4 Å². The second-order valence-electron chi connectivity index (χ2n) is 4.29. The molecule has 0 bridgehead atoms. The molecule has 1 aromatic rings. The van der Waals surface area contributed by atoms with E-state index in [0.717, 1.165) is 31.9 Å². The van der Waals surface area contributed by atoms with Gasteiger partial charge in [-0.25, -0.2) is 0 Å². The third-order valence-corrected chi connectivity index (χ3v) is 3.98. The molecule has 1 amide bonds. The van der Waals surface area contributed by atoms with Crippen molar-refractivity contribution in [2.75, 3.05) is 43.0 Å². The first kappa shape index (κ1) is 13.2. The summed E-state index contributed by atoms with van der Waals surface area (Å²) in [6, 6.07) is 7.38. The zero-order valence-corrected chi connectivity index (χ0v) is 11.2. The number of thioether (sulfide) groups is 1. The van der Waals surface area contributed by atoms with E-state index in [-0.39, 0.29) is 5.91 Å². The van der Waals surface area contributed by atoms with Crippen LogP contribution in [-0.2, 0) is 0 Å². The fraction of sp³-hybridized carbons (Fsp3) is 0.462. The number of nitrogens with two attached hydrogens (primary N) is 1. The van der Waals surface area contributed by atoms with Gasteiger partial charge in [0.25, 0.3) is 5.91 Å². The zero-order chi connectivity index (χ0) is 12.8. The number of hydrogen-bond donors (Lipinski definition) is 2. The summed E-state index contributed by atoms with van der Waals surface area (Å²) in [4.78, 5) is 13.7. The summed E-state index contributed by atoms with van der Waals surface area (Å²) in [5.74, 6) is 2.06.